The Morgan fingerprint density at radius 1 is 0.450 bits per heavy atom. The van der Waals surface area contributed by atoms with Crippen molar-refractivity contribution in [2.75, 3.05) is 0 Å². The Hall–Kier alpha value is -3.52. The molecule has 0 amide bonds. The van der Waals surface area contributed by atoms with Crippen LogP contribution in [-0.2, 0) is 16.4 Å². The Balaban J connectivity index is 1.41. The zero-order valence-corrected chi connectivity index (χ0v) is 43.0. The fourth-order valence-corrected chi connectivity index (χ4v) is 39.6. The van der Waals surface area contributed by atoms with E-state index in [1.165, 1.54) is 114 Å². The molecule has 60 heavy (non-hydrogen) atoms. The average Bonchev–Trinajstić information content (AvgIpc) is 3.92. The van der Waals surface area contributed by atoms with Crippen molar-refractivity contribution in [1.82, 2.24) is 0 Å². The van der Waals surface area contributed by atoms with Crippen LogP contribution in [0.5, 0.6) is 0 Å². The molecule has 0 fully saturated rings. The predicted molar refractivity (Wildman–Crippen MR) is 264 cm³/mol. The molecule has 3 aliphatic rings. The van der Waals surface area contributed by atoms with E-state index in [2.05, 4.69) is 198 Å². The van der Waals surface area contributed by atoms with E-state index in [-0.39, 0.29) is 18.1 Å². The summed E-state index contributed by atoms with van der Waals surface area (Å²) in [5.74, 6) is 0. The molecule has 0 radical (unpaired) electrons. The van der Waals surface area contributed by atoms with Crippen LogP contribution in [0.15, 0.2) is 114 Å². The molecule has 1 aliphatic heterocycles. The van der Waals surface area contributed by atoms with E-state index in [0.717, 1.165) is 0 Å². The zero-order chi connectivity index (χ0) is 42.9. The van der Waals surface area contributed by atoms with Gasteiger partial charge in [0.2, 0.25) is 0 Å². The summed E-state index contributed by atoms with van der Waals surface area (Å²) < 4.78 is 0.964. The fraction of sp³-hybridized carbons (Fsp3) is 0.286. The van der Waals surface area contributed by atoms with Gasteiger partial charge in [-0.05, 0) is 0 Å². The van der Waals surface area contributed by atoms with E-state index in [1.54, 1.807) is 0 Å². The first-order valence-electron chi connectivity index (χ1n) is 21.9. The standard InChI is InChI=1S/2C22H25.C12H9Si.2ClH.Zr/c2*1-14-10-11-19(16(3)15(14)2)20-9-7-8-17-12-18(13-21(17)20)22(4,5)6;1-3-7-11-9(5-1)10-6-2-4-8-12(10)13-11;;;/h2*7-13H,1-6H3;1-7H,13H2;2*1H;/q;;;;;+2/p-2. The van der Waals surface area contributed by atoms with Crippen LogP contribution < -0.4 is 13.6 Å². The Kier molecular flexibility index (Phi) is 9.93. The van der Waals surface area contributed by atoms with Crippen LogP contribution in [0.2, 0.25) is 0 Å². The summed E-state index contributed by atoms with van der Waals surface area (Å²) in [6.45, 7) is 27.8. The van der Waals surface area contributed by atoms with Gasteiger partial charge in [-0.2, -0.15) is 0 Å². The van der Waals surface area contributed by atoms with Gasteiger partial charge in [-0.1, -0.05) is 0 Å². The SMILES string of the molecule is Cc1ccc(-c2cccc3c2C=C(C(C)(C)C)[CH]3[Zr]([Cl])([Cl])([c]2cccc3c2[SiH2]c2ccccc2-3)[CH]2C(C(C)(C)C)=Cc3c(-c4ccc(C)c(C)c4C)cccc32)c(C)c1C. The number of halogens is 2. The van der Waals surface area contributed by atoms with Crippen LogP contribution in [0.1, 0.15) is 104 Å². The van der Waals surface area contributed by atoms with Gasteiger partial charge >= 0.3 is 373 Å². The summed E-state index contributed by atoms with van der Waals surface area (Å²) in [6, 6.07) is 39.3. The Labute approximate surface area is 370 Å². The van der Waals surface area contributed by atoms with Gasteiger partial charge in [0.05, 0.1) is 0 Å². The summed E-state index contributed by atoms with van der Waals surface area (Å²) in [4.78, 5) is 0. The maximum atomic E-state index is 9.48. The molecule has 6 aromatic rings. The summed E-state index contributed by atoms with van der Waals surface area (Å²) >= 11 is -5.78. The van der Waals surface area contributed by atoms with Crippen molar-refractivity contribution in [2.24, 2.45) is 10.8 Å². The summed E-state index contributed by atoms with van der Waals surface area (Å²) in [5, 5.41) is 2.95. The van der Waals surface area contributed by atoms with Crippen LogP contribution in [0.25, 0.3) is 45.5 Å². The van der Waals surface area contributed by atoms with Crippen molar-refractivity contribution in [1.29, 1.82) is 0 Å². The Morgan fingerprint density at radius 3 is 1.37 bits per heavy atom. The van der Waals surface area contributed by atoms with Gasteiger partial charge in [0.15, 0.2) is 0 Å². The van der Waals surface area contributed by atoms with Gasteiger partial charge in [0, 0.05) is 0 Å². The molecule has 2 unspecified atom stereocenters. The number of hydrogen-bond acceptors (Lipinski definition) is 0. The van der Waals surface area contributed by atoms with Crippen molar-refractivity contribution in [3.8, 4) is 33.4 Å². The van der Waals surface area contributed by atoms with E-state index in [4.69, 9.17) is 0 Å². The van der Waals surface area contributed by atoms with Crippen LogP contribution in [0, 0.1) is 52.4 Å². The molecule has 2 atom stereocenters. The molecule has 0 spiro atoms. The molecule has 0 saturated carbocycles. The van der Waals surface area contributed by atoms with E-state index in [9.17, 15) is 17.0 Å². The monoisotopic (exact) mass is 919 g/mol. The summed E-state index contributed by atoms with van der Waals surface area (Å²) in [6.07, 6.45) is 5.06. The Morgan fingerprint density at radius 2 is 0.883 bits per heavy atom. The van der Waals surface area contributed by atoms with Gasteiger partial charge in [-0.25, -0.2) is 0 Å². The molecule has 0 N–H and O–H groups in total. The van der Waals surface area contributed by atoms with Gasteiger partial charge in [0.25, 0.3) is 0 Å². The number of benzene rings is 6. The van der Waals surface area contributed by atoms with Crippen LogP contribution in [-0.4, -0.2) is 9.52 Å². The van der Waals surface area contributed by atoms with Crippen molar-refractivity contribution in [3.63, 3.8) is 0 Å². The van der Waals surface area contributed by atoms with Gasteiger partial charge in [0.1, 0.15) is 0 Å². The molecular formula is C56H59Cl2SiZr. The first kappa shape index (κ1) is 41.8. The molecule has 0 saturated heterocycles. The molecule has 4 heteroatoms. The third-order valence-electron chi connectivity index (χ3n) is 15.0. The number of fused-ring (bicyclic) bond motifs is 5. The van der Waals surface area contributed by atoms with E-state index in [0.29, 0.717) is 0 Å². The fourth-order valence-electron chi connectivity index (χ4n) is 11.3. The number of aryl methyl sites for hydroxylation is 2. The van der Waals surface area contributed by atoms with E-state index >= 15 is 0 Å². The first-order valence-corrected chi connectivity index (χ1v) is 33.7. The van der Waals surface area contributed by atoms with Crippen molar-refractivity contribution in [2.45, 2.75) is 90.3 Å². The molecular weight excluding hydrogens is 863 g/mol. The number of allylic oxidation sites excluding steroid dienone is 2. The number of rotatable bonds is 5. The van der Waals surface area contributed by atoms with Crippen molar-refractivity contribution < 1.29 is 16.4 Å². The topological polar surface area (TPSA) is 0 Å². The third-order valence-corrected chi connectivity index (χ3v) is 37.5. The zero-order valence-electron chi connectivity index (χ0n) is 37.6. The van der Waals surface area contributed by atoms with E-state index in [1.807, 2.05) is 0 Å². The molecule has 6 aromatic carbocycles. The van der Waals surface area contributed by atoms with Crippen molar-refractivity contribution >= 4 is 52.3 Å². The summed E-state index contributed by atoms with van der Waals surface area (Å²) in [7, 11) is 18.1. The maximum absolute atomic E-state index is 9.48. The molecule has 0 nitrogen and oxygen atoms in total. The second-order valence-corrected chi connectivity index (χ2v) is 42.8. The first-order chi connectivity index (χ1) is 28.2. The molecule has 1 heterocycles. The minimum atomic E-state index is -5.78. The molecule has 0 bridgehead atoms. The minimum absolute atomic E-state index is 0.158. The van der Waals surface area contributed by atoms with E-state index < -0.39 is 25.9 Å². The predicted octanol–water partition coefficient (Wildman–Crippen LogP) is 14.0. The van der Waals surface area contributed by atoms with Crippen LogP contribution in [0.4, 0.5) is 0 Å². The quantitative estimate of drug-likeness (QED) is 0.151. The average molecular weight is 922 g/mol. The molecule has 2 aliphatic carbocycles. The van der Waals surface area contributed by atoms with Gasteiger partial charge < -0.3 is 0 Å². The normalized spacial score (nSPS) is 18.1. The van der Waals surface area contributed by atoms with Crippen LogP contribution >= 0.6 is 17.0 Å². The summed E-state index contributed by atoms with van der Waals surface area (Å²) in [5.41, 5.74) is 23.3. The van der Waals surface area contributed by atoms with Crippen LogP contribution in [0.3, 0.4) is 0 Å². The number of hydrogen-bond donors (Lipinski definition) is 0. The van der Waals surface area contributed by atoms with Gasteiger partial charge in [-0.3, -0.25) is 0 Å². The second kappa shape index (κ2) is 14.3. The van der Waals surface area contributed by atoms with Gasteiger partial charge in [-0.15, -0.1) is 0 Å². The molecule has 9 rings (SSSR count). The molecule has 0 aromatic heterocycles. The van der Waals surface area contributed by atoms with Crippen molar-refractivity contribution in [3.05, 3.63) is 170 Å². The molecule has 305 valence electrons. The Bertz CT molecular complexity index is 2730. The second-order valence-electron chi connectivity index (χ2n) is 20.4. The third kappa shape index (κ3) is 6.13.